The smallest absolute Gasteiger partial charge is 0.267 e. The van der Waals surface area contributed by atoms with E-state index in [2.05, 4.69) is 10.3 Å². The molecule has 4 nitrogen and oxygen atoms in total. The van der Waals surface area contributed by atoms with E-state index >= 15 is 0 Å². The van der Waals surface area contributed by atoms with Crippen LogP contribution in [0.4, 0.5) is 5.69 Å². The molecule has 2 aromatic rings. The molecule has 1 amide bonds. The fourth-order valence-corrected chi connectivity index (χ4v) is 2.44. The number of carbonyl (C=O) groups excluding carboxylic acids is 1. The van der Waals surface area contributed by atoms with Crippen LogP contribution in [0.25, 0.3) is 0 Å². The van der Waals surface area contributed by atoms with Gasteiger partial charge in [0.05, 0.1) is 17.3 Å². The molecule has 0 aliphatic heterocycles. The maximum absolute atomic E-state index is 12.0. The molecule has 94 valence electrons. The summed E-state index contributed by atoms with van der Waals surface area (Å²) in [6.07, 6.45) is 0. The standard InChI is InChI=1S/C13H14N2O2S/c1-8-12(18-9(2)14-8)13(17)15-11-5-3-10(7-16)4-6-11/h3-6,16H,7H2,1-2H3,(H,15,17). The molecule has 0 aliphatic rings. The van der Waals surface area contributed by atoms with E-state index in [1.165, 1.54) is 11.3 Å². The quantitative estimate of drug-likeness (QED) is 0.893. The van der Waals surface area contributed by atoms with Crippen molar-refractivity contribution in [1.82, 2.24) is 4.98 Å². The number of carbonyl (C=O) groups is 1. The summed E-state index contributed by atoms with van der Waals surface area (Å²) < 4.78 is 0. The molecular weight excluding hydrogens is 248 g/mol. The fraction of sp³-hybridized carbons (Fsp3) is 0.231. The number of aryl methyl sites for hydroxylation is 2. The number of anilines is 1. The van der Waals surface area contributed by atoms with Gasteiger partial charge in [-0.1, -0.05) is 12.1 Å². The minimum atomic E-state index is -0.144. The van der Waals surface area contributed by atoms with Crippen LogP contribution in [0.1, 0.15) is 25.9 Å². The second kappa shape index (κ2) is 5.29. The van der Waals surface area contributed by atoms with Crippen LogP contribution in [0.3, 0.4) is 0 Å². The highest BCUT2D eigenvalue weighted by molar-refractivity contribution is 7.13. The van der Waals surface area contributed by atoms with Crippen LogP contribution in [-0.4, -0.2) is 16.0 Å². The third-order valence-electron chi connectivity index (χ3n) is 2.50. The molecule has 0 saturated carbocycles. The topological polar surface area (TPSA) is 62.2 Å². The Morgan fingerprint density at radius 3 is 2.50 bits per heavy atom. The van der Waals surface area contributed by atoms with Gasteiger partial charge >= 0.3 is 0 Å². The fourth-order valence-electron chi connectivity index (χ4n) is 1.62. The second-order valence-corrected chi connectivity index (χ2v) is 5.16. The number of aromatic nitrogens is 1. The van der Waals surface area contributed by atoms with Gasteiger partial charge in [-0.15, -0.1) is 11.3 Å². The largest absolute Gasteiger partial charge is 0.392 e. The number of thiazole rings is 1. The minimum Gasteiger partial charge on any atom is -0.392 e. The van der Waals surface area contributed by atoms with E-state index < -0.39 is 0 Å². The average Bonchev–Trinajstić information content (AvgIpc) is 2.69. The number of nitrogens with one attached hydrogen (secondary N) is 1. The molecule has 18 heavy (non-hydrogen) atoms. The molecule has 1 heterocycles. The van der Waals surface area contributed by atoms with Gasteiger partial charge in [0, 0.05) is 5.69 Å². The van der Waals surface area contributed by atoms with Gasteiger partial charge in [0.2, 0.25) is 0 Å². The molecule has 0 atom stereocenters. The summed E-state index contributed by atoms with van der Waals surface area (Å²) in [4.78, 5) is 16.9. The van der Waals surface area contributed by atoms with Crippen molar-refractivity contribution in [1.29, 1.82) is 0 Å². The van der Waals surface area contributed by atoms with Crippen molar-refractivity contribution in [3.05, 3.63) is 45.4 Å². The number of hydrogen-bond acceptors (Lipinski definition) is 4. The van der Waals surface area contributed by atoms with Crippen molar-refractivity contribution >= 4 is 22.9 Å². The number of aliphatic hydroxyl groups excluding tert-OH is 1. The first-order chi connectivity index (χ1) is 8.60. The number of amides is 1. The molecular formula is C13H14N2O2S. The Kier molecular flexibility index (Phi) is 3.74. The summed E-state index contributed by atoms with van der Waals surface area (Å²) in [5, 5.41) is 12.6. The normalized spacial score (nSPS) is 10.4. The maximum atomic E-state index is 12.0. The van der Waals surface area contributed by atoms with Crippen molar-refractivity contribution in [2.75, 3.05) is 5.32 Å². The Balaban J connectivity index is 2.13. The van der Waals surface area contributed by atoms with Crippen LogP contribution in [0, 0.1) is 13.8 Å². The molecule has 0 aliphatic carbocycles. The highest BCUT2D eigenvalue weighted by Crippen LogP contribution is 2.19. The lowest BCUT2D eigenvalue weighted by molar-refractivity contribution is 0.103. The first-order valence-electron chi connectivity index (χ1n) is 5.55. The molecule has 5 heteroatoms. The predicted molar refractivity (Wildman–Crippen MR) is 71.9 cm³/mol. The molecule has 0 unspecified atom stereocenters. The minimum absolute atomic E-state index is 0.00136. The molecule has 0 radical (unpaired) electrons. The van der Waals surface area contributed by atoms with Crippen LogP contribution in [-0.2, 0) is 6.61 Å². The predicted octanol–water partition coefficient (Wildman–Crippen LogP) is 2.50. The summed E-state index contributed by atoms with van der Waals surface area (Å²) in [6.45, 7) is 3.71. The van der Waals surface area contributed by atoms with Gasteiger partial charge in [-0.2, -0.15) is 0 Å². The Labute approximate surface area is 109 Å². The molecule has 0 fully saturated rings. The van der Waals surface area contributed by atoms with Crippen molar-refractivity contribution in [2.24, 2.45) is 0 Å². The summed E-state index contributed by atoms with van der Waals surface area (Å²) in [5.74, 6) is -0.144. The maximum Gasteiger partial charge on any atom is 0.267 e. The zero-order valence-electron chi connectivity index (χ0n) is 10.2. The van der Waals surface area contributed by atoms with Crippen LogP contribution >= 0.6 is 11.3 Å². The van der Waals surface area contributed by atoms with Gasteiger partial charge in [0.1, 0.15) is 4.88 Å². The first kappa shape index (κ1) is 12.7. The van der Waals surface area contributed by atoms with E-state index in [0.29, 0.717) is 10.6 Å². The van der Waals surface area contributed by atoms with Crippen LogP contribution in [0.2, 0.25) is 0 Å². The highest BCUT2D eigenvalue weighted by atomic mass is 32.1. The lowest BCUT2D eigenvalue weighted by Gasteiger charge is -2.04. The zero-order chi connectivity index (χ0) is 13.1. The monoisotopic (exact) mass is 262 g/mol. The lowest BCUT2D eigenvalue weighted by Crippen LogP contribution is -2.11. The Hall–Kier alpha value is -1.72. The van der Waals surface area contributed by atoms with Gasteiger partial charge in [-0.05, 0) is 31.5 Å². The van der Waals surface area contributed by atoms with E-state index in [9.17, 15) is 4.79 Å². The van der Waals surface area contributed by atoms with Crippen LogP contribution < -0.4 is 5.32 Å². The van der Waals surface area contributed by atoms with Crippen LogP contribution in [0.15, 0.2) is 24.3 Å². The molecule has 2 N–H and O–H groups in total. The van der Waals surface area contributed by atoms with Crippen molar-refractivity contribution in [2.45, 2.75) is 20.5 Å². The second-order valence-electron chi connectivity index (χ2n) is 3.96. The average molecular weight is 262 g/mol. The molecule has 1 aromatic heterocycles. The summed E-state index contributed by atoms with van der Waals surface area (Å²) in [5.41, 5.74) is 2.28. The number of rotatable bonds is 3. The highest BCUT2D eigenvalue weighted by Gasteiger charge is 2.13. The number of benzene rings is 1. The van der Waals surface area contributed by atoms with Gasteiger partial charge in [-0.25, -0.2) is 4.98 Å². The third kappa shape index (κ3) is 2.75. The Morgan fingerprint density at radius 2 is 2.00 bits per heavy atom. The zero-order valence-corrected chi connectivity index (χ0v) is 11.0. The molecule has 0 spiro atoms. The summed E-state index contributed by atoms with van der Waals surface area (Å²) >= 11 is 1.39. The summed E-state index contributed by atoms with van der Waals surface area (Å²) in [6, 6.07) is 7.10. The molecule has 0 bridgehead atoms. The Morgan fingerprint density at radius 1 is 1.33 bits per heavy atom. The molecule has 1 aromatic carbocycles. The molecule has 2 rings (SSSR count). The SMILES string of the molecule is Cc1nc(C)c(C(=O)Nc2ccc(CO)cc2)s1. The van der Waals surface area contributed by atoms with Gasteiger partial charge in [-0.3, -0.25) is 4.79 Å². The molecule has 0 saturated heterocycles. The third-order valence-corrected chi connectivity index (χ3v) is 3.58. The van der Waals surface area contributed by atoms with Crippen molar-refractivity contribution < 1.29 is 9.90 Å². The van der Waals surface area contributed by atoms with E-state index in [0.717, 1.165) is 16.3 Å². The van der Waals surface area contributed by atoms with Gasteiger partial charge < -0.3 is 10.4 Å². The van der Waals surface area contributed by atoms with Gasteiger partial charge in [0.25, 0.3) is 5.91 Å². The van der Waals surface area contributed by atoms with Crippen LogP contribution in [0.5, 0.6) is 0 Å². The first-order valence-corrected chi connectivity index (χ1v) is 6.37. The van der Waals surface area contributed by atoms with Crippen molar-refractivity contribution in [3.8, 4) is 0 Å². The van der Waals surface area contributed by atoms with Crippen molar-refractivity contribution in [3.63, 3.8) is 0 Å². The van der Waals surface area contributed by atoms with E-state index in [4.69, 9.17) is 5.11 Å². The summed E-state index contributed by atoms with van der Waals surface area (Å²) in [7, 11) is 0. The van der Waals surface area contributed by atoms with Gasteiger partial charge in [0.15, 0.2) is 0 Å². The number of hydrogen-bond donors (Lipinski definition) is 2. The van der Waals surface area contributed by atoms with E-state index in [1.807, 2.05) is 13.8 Å². The lowest BCUT2D eigenvalue weighted by atomic mass is 10.2. The van der Waals surface area contributed by atoms with E-state index in [-0.39, 0.29) is 12.5 Å². The Bertz CT molecular complexity index is 561. The van der Waals surface area contributed by atoms with E-state index in [1.54, 1.807) is 24.3 Å². The number of nitrogens with zero attached hydrogens (tertiary/aromatic N) is 1. The number of aliphatic hydroxyl groups is 1.